The van der Waals surface area contributed by atoms with Crippen LogP contribution in [0.15, 0.2) is 36.9 Å². The first-order valence-corrected chi connectivity index (χ1v) is 10.3. The first kappa shape index (κ1) is 17.3. The molecular weight excluding hydrogens is 313 g/mol. The number of ketones is 1. The van der Waals surface area contributed by atoms with Gasteiger partial charge in [-0.1, -0.05) is 20.8 Å². The Morgan fingerprint density at radius 1 is 1.26 bits per heavy atom. The minimum atomic E-state index is -1.94. The summed E-state index contributed by atoms with van der Waals surface area (Å²) in [6.45, 7) is 10.8. The molecule has 0 radical (unpaired) electrons. The fraction of sp³-hybridized carbons (Fsp3) is 0.438. The van der Waals surface area contributed by atoms with Crippen LogP contribution in [0.2, 0.25) is 18.1 Å². The van der Waals surface area contributed by atoms with Gasteiger partial charge in [0.1, 0.15) is 18.4 Å². The predicted molar refractivity (Wildman–Crippen MR) is 88.8 cm³/mol. The Hall–Kier alpha value is -2.02. The van der Waals surface area contributed by atoms with E-state index in [9.17, 15) is 9.18 Å². The molecule has 7 heteroatoms. The van der Waals surface area contributed by atoms with Crippen LogP contribution in [-0.4, -0.2) is 28.9 Å². The van der Waals surface area contributed by atoms with E-state index in [4.69, 9.17) is 4.43 Å². The summed E-state index contributed by atoms with van der Waals surface area (Å²) >= 11 is 0. The summed E-state index contributed by atoms with van der Waals surface area (Å²) < 4.78 is 21.1. The van der Waals surface area contributed by atoms with E-state index in [1.807, 2.05) is 0 Å². The molecule has 0 aliphatic heterocycles. The van der Waals surface area contributed by atoms with Crippen LogP contribution in [0.3, 0.4) is 0 Å². The number of halogens is 1. The Labute approximate surface area is 136 Å². The van der Waals surface area contributed by atoms with E-state index in [-0.39, 0.29) is 10.6 Å². The van der Waals surface area contributed by atoms with Gasteiger partial charge in [0.2, 0.25) is 14.1 Å². The molecule has 0 bridgehead atoms. The lowest BCUT2D eigenvalue weighted by atomic mass is 10.1. The molecule has 0 aliphatic carbocycles. The molecule has 0 N–H and O–H groups in total. The van der Waals surface area contributed by atoms with Gasteiger partial charge in [0, 0.05) is 5.56 Å². The van der Waals surface area contributed by atoms with Crippen molar-refractivity contribution in [2.45, 2.75) is 45.2 Å². The van der Waals surface area contributed by atoms with E-state index in [0.717, 1.165) is 4.68 Å². The zero-order chi connectivity index (χ0) is 17.3. The van der Waals surface area contributed by atoms with Crippen molar-refractivity contribution < 1.29 is 13.6 Å². The van der Waals surface area contributed by atoms with Crippen LogP contribution < -0.4 is 4.43 Å². The Balaban J connectivity index is 2.12. The third-order valence-electron chi connectivity index (χ3n) is 4.20. The normalized spacial score (nSPS) is 13.7. The predicted octanol–water partition coefficient (Wildman–Crippen LogP) is 4.01. The summed E-state index contributed by atoms with van der Waals surface area (Å²) in [4.78, 5) is 15.7. The topological polar surface area (TPSA) is 57.0 Å². The number of aromatic nitrogens is 3. The number of rotatable bonds is 5. The van der Waals surface area contributed by atoms with Crippen LogP contribution in [0.25, 0.3) is 0 Å². The Morgan fingerprint density at radius 2 is 1.87 bits per heavy atom. The lowest BCUT2D eigenvalue weighted by molar-refractivity contribution is 0.0778. The van der Waals surface area contributed by atoms with Crippen molar-refractivity contribution in [1.29, 1.82) is 0 Å². The third-order valence-corrected chi connectivity index (χ3v) is 8.56. The molecule has 1 aromatic heterocycles. The average molecular weight is 335 g/mol. The first-order valence-electron chi connectivity index (χ1n) is 7.43. The number of carbonyl (C=O) groups excluding carboxylic acids is 1. The molecule has 5 nitrogen and oxygen atoms in total. The first-order chi connectivity index (χ1) is 10.6. The largest absolute Gasteiger partial charge is 0.544 e. The van der Waals surface area contributed by atoms with Gasteiger partial charge in [-0.15, -0.1) is 0 Å². The molecule has 2 rings (SSSR count). The standard InChI is InChI=1S/C16H22FN3O2Si/c1-16(2,3)23(4,5)22-13-8-6-12(7-9-13)14(21)15(17)20-11-18-10-19-20/h6-11,15H,1-5H3. The molecule has 0 spiro atoms. The second-order valence-electron chi connectivity index (χ2n) is 6.96. The summed E-state index contributed by atoms with van der Waals surface area (Å²) in [5, 5.41) is 3.73. The van der Waals surface area contributed by atoms with Gasteiger partial charge in [-0.25, -0.2) is 14.1 Å². The van der Waals surface area contributed by atoms with Crippen LogP contribution in [0, 0.1) is 0 Å². The highest BCUT2D eigenvalue weighted by molar-refractivity contribution is 6.74. The van der Waals surface area contributed by atoms with Gasteiger partial charge in [-0.05, 0) is 42.4 Å². The average Bonchev–Trinajstić information content (AvgIpc) is 2.99. The monoisotopic (exact) mass is 335 g/mol. The molecule has 0 aliphatic rings. The smallest absolute Gasteiger partial charge is 0.255 e. The van der Waals surface area contributed by atoms with Gasteiger partial charge in [0.15, 0.2) is 0 Å². The minimum Gasteiger partial charge on any atom is -0.544 e. The van der Waals surface area contributed by atoms with Crippen molar-refractivity contribution in [3.05, 3.63) is 42.5 Å². The summed E-state index contributed by atoms with van der Waals surface area (Å²) in [6.07, 6.45) is 0.498. The molecule has 124 valence electrons. The minimum absolute atomic E-state index is 0.0820. The molecule has 1 aromatic carbocycles. The fourth-order valence-corrected chi connectivity index (χ4v) is 2.76. The highest BCUT2D eigenvalue weighted by Gasteiger charge is 2.39. The number of nitrogens with zero attached hydrogens (tertiary/aromatic N) is 3. The second kappa shape index (κ2) is 6.23. The molecule has 2 aromatic rings. The van der Waals surface area contributed by atoms with Crippen LogP contribution in [0.1, 0.15) is 37.4 Å². The lowest BCUT2D eigenvalue weighted by Crippen LogP contribution is -2.43. The van der Waals surface area contributed by atoms with Crippen molar-refractivity contribution >= 4 is 14.1 Å². The highest BCUT2D eigenvalue weighted by Crippen LogP contribution is 2.37. The molecule has 1 heterocycles. The van der Waals surface area contributed by atoms with Crippen molar-refractivity contribution in [2.75, 3.05) is 0 Å². The van der Waals surface area contributed by atoms with Crippen molar-refractivity contribution in [3.8, 4) is 5.75 Å². The van der Waals surface area contributed by atoms with Gasteiger partial charge in [-0.3, -0.25) is 4.79 Å². The highest BCUT2D eigenvalue weighted by atomic mass is 28.4. The van der Waals surface area contributed by atoms with Crippen LogP contribution >= 0.6 is 0 Å². The summed E-state index contributed by atoms with van der Waals surface area (Å²) in [7, 11) is -1.94. The maximum Gasteiger partial charge on any atom is 0.255 e. The Kier molecular flexibility index (Phi) is 4.70. The number of alkyl halides is 1. The molecule has 1 atom stereocenters. The third kappa shape index (κ3) is 3.84. The van der Waals surface area contributed by atoms with Crippen molar-refractivity contribution in [1.82, 2.24) is 14.8 Å². The molecule has 0 saturated heterocycles. The van der Waals surface area contributed by atoms with Gasteiger partial charge < -0.3 is 4.43 Å². The zero-order valence-corrected chi connectivity index (χ0v) is 15.1. The van der Waals surface area contributed by atoms with Crippen molar-refractivity contribution in [3.63, 3.8) is 0 Å². The Bertz CT molecular complexity index is 664. The van der Waals surface area contributed by atoms with Gasteiger partial charge in [0.05, 0.1) is 0 Å². The number of hydrogen-bond acceptors (Lipinski definition) is 4. The quantitative estimate of drug-likeness (QED) is 0.612. The lowest BCUT2D eigenvalue weighted by Gasteiger charge is -2.36. The number of hydrogen-bond donors (Lipinski definition) is 0. The summed E-state index contributed by atoms with van der Waals surface area (Å²) in [5.74, 6) is 0.0404. The van der Waals surface area contributed by atoms with Crippen LogP contribution in [0.4, 0.5) is 4.39 Å². The maximum absolute atomic E-state index is 14.1. The second-order valence-corrected chi connectivity index (χ2v) is 11.7. The molecule has 0 fully saturated rings. The SMILES string of the molecule is CC(C)(C)[Si](C)(C)Oc1ccc(C(=O)C(F)n2cncn2)cc1. The van der Waals surface area contributed by atoms with E-state index >= 15 is 0 Å². The molecule has 23 heavy (non-hydrogen) atoms. The van der Waals surface area contributed by atoms with Crippen molar-refractivity contribution in [2.24, 2.45) is 0 Å². The molecule has 1 unspecified atom stereocenters. The summed E-state index contributed by atoms with van der Waals surface area (Å²) in [6, 6.07) is 6.58. The maximum atomic E-state index is 14.1. The van der Waals surface area contributed by atoms with E-state index in [1.165, 1.54) is 12.7 Å². The van der Waals surface area contributed by atoms with Gasteiger partial charge in [0.25, 0.3) is 6.30 Å². The van der Waals surface area contributed by atoms with E-state index in [0.29, 0.717) is 5.75 Å². The summed E-state index contributed by atoms with van der Waals surface area (Å²) in [5.41, 5.74) is 0.274. The van der Waals surface area contributed by atoms with E-state index in [2.05, 4.69) is 43.9 Å². The van der Waals surface area contributed by atoms with Gasteiger partial charge >= 0.3 is 0 Å². The van der Waals surface area contributed by atoms with Crippen LogP contribution in [0.5, 0.6) is 5.75 Å². The van der Waals surface area contributed by atoms with Gasteiger partial charge in [-0.2, -0.15) is 5.10 Å². The number of Topliss-reactive ketones (excluding diaryl/α,β-unsaturated/α-hetero) is 1. The molecular formula is C16H22FN3O2Si. The Morgan fingerprint density at radius 3 is 2.35 bits per heavy atom. The number of carbonyl (C=O) groups is 1. The molecule has 0 saturated carbocycles. The fourth-order valence-electron chi connectivity index (χ4n) is 1.73. The van der Waals surface area contributed by atoms with E-state index in [1.54, 1.807) is 24.3 Å². The number of benzene rings is 1. The zero-order valence-electron chi connectivity index (χ0n) is 14.1. The van der Waals surface area contributed by atoms with E-state index < -0.39 is 20.4 Å². The van der Waals surface area contributed by atoms with Crippen LogP contribution in [-0.2, 0) is 0 Å². The molecule has 0 amide bonds.